The minimum absolute atomic E-state index is 0.227. The second-order valence-electron chi connectivity index (χ2n) is 1.31. The first-order chi connectivity index (χ1) is 2.77. The van der Waals surface area contributed by atoms with Crippen molar-refractivity contribution in [1.29, 1.82) is 0 Å². The summed E-state index contributed by atoms with van der Waals surface area (Å²) in [7, 11) is 0. The van der Waals surface area contributed by atoms with E-state index in [1.54, 1.807) is 6.92 Å². The first-order valence-corrected chi connectivity index (χ1v) is 2.06. The molecule has 0 saturated carbocycles. The van der Waals surface area contributed by atoms with Gasteiger partial charge >= 0.3 is 0 Å². The van der Waals surface area contributed by atoms with Crippen LogP contribution in [0.25, 0.3) is 0 Å². The summed E-state index contributed by atoms with van der Waals surface area (Å²) >= 11 is 0. The summed E-state index contributed by atoms with van der Waals surface area (Å²) in [6.07, 6.45) is 0.625. The van der Waals surface area contributed by atoms with E-state index >= 15 is 0 Å². The maximum atomic E-state index is 10.0. The van der Waals surface area contributed by atoms with Crippen LogP contribution in [0.3, 0.4) is 0 Å². The molecule has 0 spiro atoms. The van der Waals surface area contributed by atoms with Crippen LogP contribution in [0.2, 0.25) is 0 Å². The van der Waals surface area contributed by atoms with Gasteiger partial charge in [-0.3, -0.25) is 4.79 Å². The fourth-order valence-corrected chi connectivity index (χ4v) is 0.249. The molecule has 0 radical (unpaired) electrons. The molecule has 3 N–H and O–H groups in total. The van der Waals surface area contributed by atoms with Crippen LogP contribution in [0.1, 0.15) is 13.3 Å². The van der Waals surface area contributed by atoms with Crippen molar-refractivity contribution in [1.82, 2.24) is 0 Å². The molecule has 6 heavy (non-hydrogen) atoms. The molecule has 0 saturated heterocycles. The lowest BCUT2D eigenvalue weighted by Gasteiger charge is -1.78. The molecule has 0 atom stereocenters. The molecule has 2 heteroatoms. The lowest BCUT2D eigenvalue weighted by Crippen LogP contribution is -2.50. The zero-order valence-corrected chi connectivity index (χ0v) is 4.03. The zero-order chi connectivity index (χ0) is 4.99. The largest absolute Gasteiger partial charge is 0.357 e. The number of hydrogen-bond donors (Lipinski definition) is 1. The summed E-state index contributed by atoms with van der Waals surface area (Å²) in [5.74, 6) is 0.227. The Balaban J connectivity index is 2.83. The Labute approximate surface area is 37.3 Å². The van der Waals surface area contributed by atoms with Gasteiger partial charge in [0.2, 0.25) is 0 Å². The third-order valence-corrected chi connectivity index (χ3v) is 0.529. The Morgan fingerprint density at radius 2 is 2.33 bits per heavy atom. The molecule has 0 heterocycles. The van der Waals surface area contributed by atoms with Gasteiger partial charge in [-0.05, 0) is 6.92 Å². The van der Waals surface area contributed by atoms with Crippen LogP contribution in [0.4, 0.5) is 0 Å². The summed E-state index contributed by atoms with van der Waals surface area (Å²) in [5, 5.41) is 0. The summed E-state index contributed by atoms with van der Waals surface area (Å²) in [4.78, 5) is 10.0. The minimum Gasteiger partial charge on any atom is -0.357 e. The lowest BCUT2D eigenvalue weighted by molar-refractivity contribution is -0.366. The van der Waals surface area contributed by atoms with Crippen molar-refractivity contribution >= 4 is 5.78 Å². The van der Waals surface area contributed by atoms with Crippen molar-refractivity contribution in [2.75, 3.05) is 6.54 Å². The number of carbonyl (C=O) groups excluding carboxylic acids is 1. The highest BCUT2D eigenvalue weighted by molar-refractivity contribution is 5.75. The third-order valence-electron chi connectivity index (χ3n) is 0.529. The highest BCUT2D eigenvalue weighted by Crippen LogP contribution is 1.70. The molecule has 0 unspecified atom stereocenters. The molecule has 0 aliphatic rings. The molecule has 2 nitrogen and oxygen atoms in total. The fourth-order valence-electron chi connectivity index (χ4n) is 0.249. The van der Waals surface area contributed by atoms with E-state index in [1.807, 2.05) is 0 Å². The van der Waals surface area contributed by atoms with Gasteiger partial charge in [-0.1, -0.05) is 0 Å². The maximum absolute atomic E-state index is 10.0. The number of carbonyl (C=O) groups is 1. The maximum Gasteiger partial charge on any atom is 0.135 e. The van der Waals surface area contributed by atoms with E-state index in [0.29, 0.717) is 6.42 Å². The average Bonchev–Trinajstić information content (AvgIpc) is 1.35. The van der Waals surface area contributed by atoms with Gasteiger partial charge in [-0.2, -0.15) is 0 Å². The third kappa shape index (κ3) is 3.63. The number of Topliss-reactive ketones (excluding diaryl/α,β-unsaturated/α-hetero) is 1. The number of rotatable bonds is 2. The Bertz CT molecular complexity index is 51.5. The molecule has 0 aromatic carbocycles. The molecule has 0 aromatic heterocycles. The first-order valence-electron chi connectivity index (χ1n) is 2.06. The molecule has 0 aromatic rings. The lowest BCUT2D eigenvalue weighted by atomic mass is 10.3. The zero-order valence-electron chi connectivity index (χ0n) is 4.03. The Kier molecular flexibility index (Phi) is 2.67. The van der Waals surface area contributed by atoms with Gasteiger partial charge in [0.1, 0.15) is 5.78 Å². The Morgan fingerprint density at radius 3 is 2.33 bits per heavy atom. The van der Waals surface area contributed by atoms with Crippen LogP contribution < -0.4 is 5.73 Å². The number of hydrogen-bond acceptors (Lipinski definition) is 1. The van der Waals surface area contributed by atoms with Crippen molar-refractivity contribution in [3.05, 3.63) is 0 Å². The van der Waals surface area contributed by atoms with E-state index in [-0.39, 0.29) is 5.78 Å². The highest BCUT2D eigenvalue weighted by Gasteiger charge is 1.86. The predicted molar refractivity (Wildman–Crippen MR) is 23.1 cm³/mol. The minimum atomic E-state index is 0.227. The molecule has 0 rings (SSSR count). The van der Waals surface area contributed by atoms with Crippen LogP contribution in [0.15, 0.2) is 0 Å². The van der Waals surface area contributed by atoms with Crippen LogP contribution in [0.5, 0.6) is 0 Å². The second kappa shape index (κ2) is 2.85. The molecule has 0 amide bonds. The van der Waals surface area contributed by atoms with E-state index in [0.717, 1.165) is 6.54 Å². The van der Waals surface area contributed by atoms with Crippen molar-refractivity contribution < 1.29 is 10.5 Å². The van der Waals surface area contributed by atoms with Crippen LogP contribution in [-0.2, 0) is 4.79 Å². The monoisotopic (exact) mass is 88.1 g/mol. The van der Waals surface area contributed by atoms with Gasteiger partial charge in [0, 0.05) is 0 Å². The summed E-state index contributed by atoms with van der Waals surface area (Å²) in [6.45, 7) is 2.31. The smallest absolute Gasteiger partial charge is 0.135 e. The molecule has 0 bridgehead atoms. The number of quaternary nitrogens is 1. The molecular formula is C4H10NO+. The van der Waals surface area contributed by atoms with Crippen LogP contribution in [-0.4, -0.2) is 12.3 Å². The second-order valence-corrected chi connectivity index (χ2v) is 1.31. The highest BCUT2D eigenvalue weighted by atomic mass is 16.1. The van der Waals surface area contributed by atoms with Crippen molar-refractivity contribution in [3.8, 4) is 0 Å². The Morgan fingerprint density at radius 1 is 1.83 bits per heavy atom. The molecule has 36 valence electrons. The van der Waals surface area contributed by atoms with Gasteiger partial charge < -0.3 is 5.73 Å². The van der Waals surface area contributed by atoms with Crippen molar-refractivity contribution in [2.24, 2.45) is 0 Å². The summed E-state index contributed by atoms with van der Waals surface area (Å²) in [5.41, 5.74) is 3.50. The number of ketones is 1. The average molecular weight is 88.1 g/mol. The van der Waals surface area contributed by atoms with E-state index in [2.05, 4.69) is 5.73 Å². The van der Waals surface area contributed by atoms with Gasteiger partial charge in [0.25, 0.3) is 0 Å². The normalized spacial score (nSPS) is 8.33. The molecule has 0 fully saturated rings. The SMILES string of the molecule is CC(=O)CC[NH3+]. The summed E-state index contributed by atoms with van der Waals surface area (Å²) < 4.78 is 0. The fraction of sp³-hybridized carbons (Fsp3) is 0.750. The standard InChI is InChI=1S/C4H9NO/c1-4(6)2-3-5/h2-3,5H2,1H3/p+1. The van der Waals surface area contributed by atoms with E-state index in [4.69, 9.17) is 0 Å². The Hall–Kier alpha value is -0.370. The van der Waals surface area contributed by atoms with E-state index < -0.39 is 0 Å². The van der Waals surface area contributed by atoms with Crippen molar-refractivity contribution in [3.63, 3.8) is 0 Å². The van der Waals surface area contributed by atoms with E-state index in [1.165, 1.54) is 0 Å². The molecule has 0 aliphatic carbocycles. The van der Waals surface area contributed by atoms with Gasteiger partial charge in [0.05, 0.1) is 13.0 Å². The molecule has 0 aliphatic heterocycles. The van der Waals surface area contributed by atoms with Gasteiger partial charge in [-0.15, -0.1) is 0 Å². The van der Waals surface area contributed by atoms with Crippen molar-refractivity contribution in [2.45, 2.75) is 13.3 Å². The first kappa shape index (κ1) is 5.63. The van der Waals surface area contributed by atoms with Gasteiger partial charge in [-0.25, -0.2) is 0 Å². The topological polar surface area (TPSA) is 44.7 Å². The quantitative estimate of drug-likeness (QED) is 0.472. The van der Waals surface area contributed by atoms with Crippen LogP contribution >= 0.6 is 0 Å². The van der Waals surface area contributed by atoms with Crippen LogP contribution in [0, 0.1) is 0 Å². The van der Waals surface area contributed by atoms with E-state index in [9.17, 15) is 4.79 Å². The van der Waals surface area contributed by atoms with Gasteiger partial charge in [0.15, 0.2) is 0 Å². The predicted octanol–water partition coefficient (Wildman–Crippen LogP) is -0.793. The summed E-state index contributed by atoms with van der Waals surface area (Å²) in [6, 6.07) is 0. The molecular weight excluding hydrogens is 78.0 g/mol.